The zero-order valence-corrected chi connectivity index (χ0v) is 8.90. The van der Waals surface area contributed by atoms with Crippen molar-refractivity contribution in [1.82, 2.24) is 0 Å². The van der Waals surface area contributed by atoms with Gasteiger partial charge in [0.25, 0.3) is 0 Å². The van der Waals surface area contributed by atoms with Gasteiger partial charge in [-0.2, -0.15) is 10.5 Å². The van der Waals surface area contributed by atoms with Crippen LogP contribution < -0.4 is 0 Å². The van der Waals surface area contributed by atoms with E-state index in [1.165, 1.54) is 18.7 Å². The van der Waals surface area contributed by atoms with E-state index in [0.717, 1.165) is 5.25 Å². The van der Waals surface area contributed by atoms with Crippen molar-refractivity contribution in [3.05, 3.63) is 0 Å². The van der Waals surface area contributed by atoms with E-state index in [9.17, 15) is 0 Å². The summed E-state index contributed by atoms with van der Waals surface area (Å²) in [5.41, 5.74) is 0. The Balaban J connectivity index is 3.63. The second-order valence-electron chi connectivity index (χ2n) is 2.09. The van der Waals surface area contributed by atoms with Gasteiger partial charge in [0.1, 0.15) is 0 Å². The first-order valence-corrected chi connectivity index (χ1v) is 7.57. The summed E-state index contributed by atoms with van der Waals surface area (Å²) in [5, 5.41) is 0.879. The van der Waals surface area contributed by atoms with Crippen LogP contribution in [0, 0.1) is 0 Å². The van der Waals surface area contributed by atoms with Crippen LogP contribution in [0.3, 0.4) is 0 Å². The van der Waals surface area contributed by atoms with Gasteiger partial charge >= 0.3 is 0 Å². The van der Waals surface area contributed by atoms with Gasteiger partial charge in [-0.05, 0) is 29.2 Å². The lowest BCUT2D eigenvalue weighted by atomic mass is 10.4. The van der Waals surface area contributed by atoms with Gasteiger partial charge in [0, 0.05) is 6.56 Å². The molecule has 0 spiro atoms. The molecule has 2 unspecified atom stereocenters. The summed E-state index contributed by atoms with van der Waals surface area (Å²) >= 11 is 5.02. The normalized spacial score (nSPS) is 19.7. The first kappa shape index (κ1) is 9.87. The Bertz CT molecular complexity index is 85.1. The quantitative estimate of drug-likeness (QED) is 0.515. The van der Waals surface area contributed by atoms with Gasteiger partial charge in [-0.15, -0.1) is 0 Å². The molecule has 0 aliphatic heterocycles. The Labute approximate surface area is 67.4 Å². The third-order valence-electron chi connectivity index (χ3n) is 1.53. The van der Waals surface area contributed by atoms with E-state index in [1.54, 1.807) is 0 Å². The molecule has 0 bridgehead atoms. The predicted molar refractivity (Wildman–Crippen MR) is 53.6 cm³/mol. The van der Waals surface area contributed by atoms with Gasteiger partial charge < -0.3 is 0 Å². The van der Waals surface area contributed by atoms with Gasteiger partial charge in [0.2, 0.25) is 0 Å². The van der Waals surface area contributed by atoms with Gasteiger partial charge in [0.05, 0.1) is 0 Å². The van der Waals surface area contributed by atoms with Crippen molar-refractivity contribution in [3.8, 4) is 0 Å². The molecular formula is C6H15PS2. The van der Waals surface area contributed by atoms with Crippen molar-refractivity contribution in [2.45, 2.75) is 32.4 Å². The fourth-order valence-corrected chi connectivity index (χ4v) is 5.79. The summed E-state index contributed by atoms with van der Waals surface area (Å²) in [6.07, 6.45) is 1.29. The van der Waals surface area contributed by atoms with Crippen LogP contribution in [-0.2, 0) is 11.8 Å². The molecule has 0 aromatic heterocycles. The minimum absolute atomic E-state index is 0.169. The highest BCUT2D eigenvalue weighted by atomic mass is 32.9. The van der Waals surface area contributed by atoms with E-state index in [1.807, 2.05) is 0 Å². The van der Waals surface area contributed by atoms with Crippen molar-refractivity contribution >= 4 is 28.9 Å². The summed E-state index contributed by atoms with van der Waals surface area (Å²) < 4.78 is 0. The second-order valence-corrected chi connectivity index (χ2v) is 8.15. The van der Waals surface area contributed by atoms with Crippen LogP contribution in [0.15, 0.2) is 0 Å². The highest BCUT2D eigenvalue weighted by Crippen LogP contribution is 2.44. The van der Waals surface area contributed by atoms with Crippen LogP contribution in [0.4, 0.5) is 0 Å². The van der Waals surface area contributed by atoms with E-state index in [0.29, 0.717) is 0 Å². The molecule has 2 atom stereocenters. The molecule has 0 aliphatic rings. The Kier molecular flexibility index (Phi) is 6.18. The summed E-state index contributed by atoms with van der Waals surface area (Å²) in [6, 6.07) is 0. The van der Waals surface area contributed by atoms with Crippen LogP contribution >= 0.6 is 17.1 Å². The molecule has 9 heavy (non-hydrogen) atoms. The molecule has 0 aromatic rings. The van der Waals surface area contributed by atoms with Crippen LogP contribution in [-0.4, -0.2) is 11.0 Å². The second kappa shape index (κ2) is 5.64. The summed E-state index contributed by atoms with van der Waals surface area (Å²) in [4.78, 5) is 0. The molecule has 0 saturated carbocycles. The zero-order chi connectivity index (χ0) is 7.28. The Morgan fingerprint density at radius 3 is 2.22 bits per heavy atom. The first-order valence-electron chi connectivity index (χ1n) is 3.36. The molecule has 0 nitrogen and oxygen atoms in total. The maximum atomic E-state index is 5.02. The van der Waals surface area contributed by atoms with E-state index in [4.69, 9.17) is 11.8 Å². The lowest BCUT2D eigenvalue weighted by Gasteiger charge is -2.19. The lowest BCUT2D eigenvalue weighted by molar-refractivity contribution is 0.904. The third-order valence-corrected chi connectivity index (χ3v) is 8.32. The molecule has 0 rings (SSSR count). The van der Waals surface area contributed by atoms with E-state index < -0.39 is 0 Å². The number of rotatable bonds is 4. The van der Waals surface area contributed by atoms with Crippen LogP contribution in [0.5, 0.6) is 0 Å². The molecule has 0 N–H and O–H groups in total. The number of hydrogen-bond donors (Lipinski definition) is 1. The summed E-state index contributed by atoms with van der Waals surface area (Å²) in [5.74, 6) is 1.30. The van der Waals surface area contributed by atoms with E-state index >= 15 is 0 Å². The average molecular weight is 182 g/mol. The van der Waals surface area contributed by atoms with E-state index in [-0.39, 0.29) is 10.5 Å². The molecular weight excluding hydrogens is 167 g/mol. The molecule has 0 fully saturated rings. The summed E-state index contributed by atoms with van der Waals surface area (Å²) in [7, 11) is 0.169. The van der Waals surface area contributed by atoms with E-state index in [2.05, 4.69) is 20.8 Å². The van der Waals surface area contributed by atoms with Crippen molar-refractivity contribution in [2.24, 2.45) is 0 Å². The Morgan fingerprint density at radius 2 is 2.11 bits per heavy atom. The largest absolute Gasteiger partial charge is 0.197 e. The molecule has 0 radical (unpaired) electrons. The van der Waals surface area contributed by atoms with Gasteiger partial charge in [-0.1, -0.05) is 20.8 Å². The monoisotopic (exact) mass is 182 g/mol. The van der Waals surface area contributed by atoms with Crippen LogP contribution in [0.1, 0.15) is 27.2 Å². The zero-order valence-electron chi connectivity index (χ0n) is 6.29. The summed E-state index contributed by atoms with van der Waals surface area (Å²) in [6.45, 7) is 8.02. The predicted octanol–water partition coefficient (Wildman–Crippen LogP) is 3.13. The topological polar surface area (TPSA) is 0 Å². The maximum absolute atomic E-state index is 5.02. The lowest BCUT2D eigenvalue weighted by Crippen LogP contribution is -1.97. The van der Waals surface area contributed by atoms with Gasteiger partial charge in [-0.3, -0.25) is 0 Å². The maximum Gasteiger partial charge on any atom is 0.0211 e. The molecule has 3 heteroatoms. The van der Waals surface area contributed by atoms with Gasteiger partial charge in [0.15, 0.2) is 0 Å². The standard InChI is InChI=1S/C6H15PS2/c1-4-6(3)9(5-2)7-8/h6,9H,4-5H2,1-3H3. The molecule has 56 valence electrons. The molecule has 0 amide bonds. The highest BCUT2D eigenvalue weighted by molar-refractivity contribution is 8.67. The SMILES string of the molecule is CCC(C)[SH](CC)P=S. The van der Waals surface area contributed by atoms with Crippen LogP contribution in [0.25, 0.3) is 0 Å². The average Bonchev–Trinajstić information content (AvgIpc) is 1.90. The number of hydrogen-bond acceptors (Lipinski definition) is 1. The van der Waals surface area contributed by atoms with Crippen molar-refractivity contribution in [2.75, 3.05) is 5.75 Å². The Hall–Kier alpha value is 0.870. The molecule has 0 aromatic carbocycles. The highest BCUT2D eigenvalue weighted by Gasteiger charge is 2.05. The fraction of sp³-hybridized carbons (Fsp3) is 1.00. The molecule has 0 aliphatic carbocycles. The molecule has 0 heterocycles. The van der Waals surface area contributed by atoms with Crippen LogP contribution in [0.2, 0.25) is 0 Å². The minimum atomic E-state index is 0.169. The van der Waals surface area contributed by atoms with Crippen molar-refractivity contribution in [1.29, 1.82) is 0 Å². The van der Waals surface area contributed by atoms with Crippen molar-refractivity contribution in [3.63, 3.8) is 0 Å². The fourth-order valence-electron chi connectivity index (χ4n) is 0.661. The van der Waals surface area contributed by atoms with Gasteiger partial charge in [-0.25, -0.2) is 0 Å². The van der Waals surface area contributed by atoms with Crippen molar-refractivity contribution < 1.29 is 0 Å². The third kappa shape index (κ3) is 3.54. The first-order chi connectivity index (χ1) is 4.26. The minimum Gasteiger partial charge on any atom is -0.197 e. The number of thiol groups is 1. The smallest absolute Gasteiger partial charge is 0.0211 e. The molecule has 0 saturated heterocycles. The Morgan fingerprint density at radius 1 is 1.56 bits per heavy atom.